The number of esters is 1. The molecule has 1 heterocycles. The smallest absolute Gasteiger partial charge is 0.331 e. The second-order valence-corrected chi connectivity index (χ2v) is 6.86. The van der Waals surface area contributed by atoms with Crippen molar-refractivity contribution in [2.45, 2.75) is 31.2 Å². The molecular weight excluding hydrogens is 334 g/mol. The van der Waals surface area contributed by atoms with E-state index in [2.05, 4.69) is 15.0 Å². The lowest BCUT2D eigenvalue weighted by Crippen LogP contribution is -2.32. The van der Waals surface area contributed by atoms with Crippen molar-refractivity contribution in [1.82, 2.24) is 10.0 Å². The Bertz CT molecular complexity index is 773. The van der Waals surface area contributed by atoms with Gasteiger partial charge in [-0.3, -0.25) is 14.5 Å². The van der Waals surface area contributed by atoms with E-state index in [0.717, 1.165) is 6.42 Å². The second kappa shape index (κ2) is 7.43. The van der Waals surface area contributed by atoms with Crippen molar-refractivity contribution >= 4 is 27.7 Å². The summed E-state index contributed by atoms with van der Waals surface area (Å²) in [5.74, 6) is -1.01. The summed E-state index contributed by atoms with van der Waals surface area (Å²) in [6, 6.07) is 5.39. The topological polar surface area (TPSA) is 114 Å². The molecule has 1 aliphatic heterocycles. The Kier molecular flexibility index (Phi) is 5.55. The average Bonchev–Trinajstić information content (AvgIpc) is 2.81. The molecule has 0 radical (unpaired) electrons. The van der Waals surface area contributed by atoms with Crippen molar-refractivity contribution in [2.75, 3.05) is 13.2 Å². The van der Waals surface area contributed by atoms with Crippen LogP contribution in [0.2, 0.25) is 0 Å². The number of sulfonamides is 1. The number of rotatable bonds is 6. The average molecular weight is 353 g/mol. The summed E-state index contributed by atoms with van der Waals surface area (Å²) in [5.41, 5.74) is 0.401. The van der Waals surface area contributed by atoms with Gasteiger partial charge in [0.05, 0.1) is 4.90 Å². The van der Waals surface area contributed by atoms with Crippen molar-refractivity contribution in [3.63, 3.8) is 0 Å². The van der Waals surface area contributed by atoms with Crippen LogP contribution in [-0.4, -0.2) is 45.3 Å². The highest BCUT2D eigenvalue weighted by molar-refractivity contribution is 7.90. The normalized spacial score (nSPS) is 17.7. The van der Waals surface area contributed by atoms with Crippen molar-refractivity contribution in [1.29, 1.82) is 0 Å². The van der Waals surface area contributed by atoms with Crippen LogP contribution in [0.3, 0.4) is 0 Å². The number of hydrogen-bond acceptors (Lipinski definition) is 6. The number of nitrogens with zero attached hydrogens (tertiary/aromatic N) is 1. The molecule has 0 aliphatic carbocycles. The van der Waals surface area contributed by atoms with Gasteiger partial charge in [-0.1, -0.05) is 19.1 Å². The number of amidine groups is 1. The van der Waals surface area contributed by atoms with Gasteiger partial charge in [0.25, 0.3) is 15.9 Å². The van der Waals surface area contributed by atoms with E-state index in [0.29, 0.717) is 12.1 Å². The number of amides is 1. The monoisotopic (exact) mass is 353 g/mol. The minimum atomic E-state index is -3.66. The number of benzene rings is 1. The summed E-state index contributed by atoms with van der Waals surface area (Å²) >= 11 is 0. The largest absolute Gasteiger partial charge is 0.454 e. The van der Waals surface area contributed by atoms with Crippen LogP contribution in [0.15, 0.2) is 34.2 Å². The molecule has 0 saturated heterocycles. The van der Waals surface area contributed by atoms with Crippen LogP contribution in [0.5, 0.6) is 0 Å². The quantitative estimate of drug-likeness (QED) is 0.708. The first-order valence-corrected chi connectivity index (χ1v) is 8.97. The fourth-order valence-electron chi connectivity index (χ4n) is 2.05. The van der Waals surface area contributed by atoms with Gasteiger partial charge in [-0.05, 0) is 25.5 Å². The van der Waals surface area contributed by atoms with Gasteiger partial charge in [-0.2, -0.15) is 0 Å². The highest BCUT2D eigenvalue weighted by Gasteiger charge is 2.31. The van der Waals surface area contributed by atoms with E-state index in [4.69, 9.17) is 4.74 Å². The van der Waals surface area contributed by atoms with E-state index in [1.807, 2.05) is 6.92 Å². The number of ether oxygens (including phenoxy) is 1. The first-order valence-electron chi connectivity index (χ1n) is 7.48. The first-order chi connectivity index (χ1) is 11.3. The van der Waals surface area contributed by atoms with Gasteiger partial charge in [0.15, 0.2) is 6.61 Å². The van der Waals surface area contributed by atoms with Gasteiger partial charge in [0, 0.05) is 12.1 Å². The van der Waals surface area contributed by atoms with Gasteiger partial charge in [0.2, 0.25) is 0 Å². The third-order valence-electron chi connectivity index (χ3n) is 3.24. The molecule has 1 atom stereocenters. The number of fused-ring (bicyclic) bond motifs is 1. The molecule has 9 heteroatoms. The van der Waals surface area contributed by atoms with Crippen LogP contribution in [-0.2, 0) is 24.3 Å². The van der Waals surface area contributed by atoms with Gasteiger partial charge >= 0.3 is 5.97 Å². The van der Waals surface area contributed by atoms with E-state index >= 15 is 0 Å². The lowest BCUT2D eigenvalue weighted by Gasteiger charge is -2.09. The number of carbonyl (C=O) groups excluding carboxylic acids is 2. The molecule has 0 bridgehead atoms. The molecule has 1 aromatic carbocycles. The van der Waals surface area contributed by atoms with E-state index in [9.17, 15) is 18.0 Å². The van der Waals surface area contributed by atoms with E-state index in [1.165, 1.54) is 13.0 Å². The molecule has 1 aromatic rings. The summed E-state index contributed by atoms with van der Waals surface area (Å²) < 4.78 is 31.1. The predicted octanol–water partition coefficient (Wildman–Crippen LogP) is 0.183. The molecule has 1 aliphatic rings. The summed E-state index contributed by atoms with van der Waals surface area (Å²) in [6.45, 7) is 3.49. The van der Waals surface area contributed by atoms with Crippen molar-refractivity contribution in [2.24, 2.45) is 4.99 Å². The van der Waals surface area contributed by atoms with Crippen LogP contribution in [0.1, 0.15) is 25.8 Å². The van der Waals surface area contributed by atoms with Crippen LogP contribution < -0.4 is 10.0 Å². The summed E-state index contributed by atoms with van der Waals surface area (Å²) in [4.78, 5) is 27.5. The zero-order valence-corrected chi connectivity index (χ0v) is 14.2. The first kappa shape index (κ1) is 17.9. The van der Waals surface area contributed by atoms with Gasteiger partial charge < -0.3 is 10.1 Å². The minimum Gasteiger partial charge on any atom is -0.454 e. The zero-order chi connectivity index (χ0) is 17.7. The third-order valence-corrected chi connectivity index (χ3v) is 4.64. The molecule has 2 rings (SSSR count). The summed E-state index contributed by atoms with van der Waals surface area (Å²) in [5, 5.41) is 2.58. The number of aliphatic imine (C=N–C) groups is 1. The Balaban J connectivity index is 2.04. The van der Waals surface area contributed by atoms with Crippen LogP contribution >= 0.6 is 0 Å². The molecule has 1 unspecified atom stereocenters. The maximum atomic E-state index is 12.0. The Morgan fingerprint density at radius 1 is 1.33 bits per heavy atom. The van der Waals surface area contributed by atoms with Crippen LogP contribution in [0.25, 0.3) is 0 Å². The SMILES string of the molecule is CCCNC(=O)COC(=O)C(C)N=C1NS(=O)(=O)c2ccccc21. The number of nitrogens with one attached hydrogen (secondary N) is 2. The standard InChI is InChI=1S/C15H19N3O5S/c1-3-8-16-13(19)9-23-15(20)10(2)17-14-11-6-4-5-7-12(11)24(21,22)18-14/h4-7,10H,3,8-9H2,1-2H3,(H,16,19)(H,17,18). The highest BCUT2D eigenvalue weighted by Crippen LogP contribution is 2.22. The lowest BCUT2D eigenvalue weighted by atomic mass is 10.2. The number of hydrogen-bond donors (Lipinski definition) is 2. The molecule has 8 nitrogen and oxygen atoms in total. The third kappa shape index (κ3) is 4.10. The summed E-state index contributed by atoms with van der Waals surface area (Å²) in [6.07, 6.45) is 0.781. The molecule has 0 spiro atoms. The zero-order valence-electron chi connectivity index (χ0n) is 13.4. The van der Waals surface area contributed by atoms with E-state index in [-0.39, 0.29) is 10.7 Å². The van der Waals surface area contributed by atoms with Crippen molar-refractivity contribution in [3.05, 3.63) is 29.8 Å². The minimum absolute atomic E-state index is 0.0884. The molecule has 0 saturated carbocycles. The Labute approximate surface area is 140 Å². The molecule has 130 valence electrons. The number of carbonyl (C=O) groups is 2. The molecule has 1 amide bonds. The maximum Gasteiger partial charge on any atom is 0.331 e. The van der Waals surface area contributed by atoms with Crippen molar-refractivity contribution in [3.8, 4) is 0 Å². The van der Waals surface area contributed by atoms with Crippen LogP contribution in [0.4, 0.5) is 0 Å². The molecule has 24 heavy (non-hydrogen) atoms. The summed E-state index contributed by atoms with van der Waals surface area (Å²) in [7, 11) is -3.66. The molecular formula is C15H19N3O5S. The van der Waals surface area contributed by atoms with Crippen molar-refractivity contribution < 1.29 is 22.7 Å². The van der Waals surface area contributed by atoms with E-state index < -0.39 is 34.5 Å². The fourth-order valence-corrected chi connectivity index (χ4v) is 3.29. The Morgan fingerprint density at radius 3 is 2.75 bits per heavy atom. The van der Waals surface area contributed by atoms with Gasteiger partial charge in [0.1, 0.15) is 11.9 Å². The Morgan fingerprint density at radius 2 is 2.04 bits per heavy atom. The Hall–Kier alpha value is -2.42. The maximum absolute atomic E-state index is 12.0. The second-order valence-electron chi connectivity index (χ2n) is 5.21. The van der Waals surface area contributed by atoms with Gasteiger partial charge in [-0.15, -0.1) is 0 Å². The van der Waals surface area contributed by atoms with Crippen LogP contribution in [0, 0.1) is 0 Å². The van der Waals surface area contributed by atoms with Gasteiger partial charge in [-0.25, -0.2) is 13.2 Å². The molecule has 0 fully saturated rings. The molecule has 2 N–H and O–H groups in total. The van der Waals surface area contributed by atoms with E-state index in [1.54, 1.807) is 18.2 Å². The fraction of sp³-hybridized carbons (Fsp3) is 0.400. The predicted molar refractivity (Wildman–Crippen MR) is 87.0 cm³/mol. The molecule has 0 aromatic heterocycles. The lowest BCUT2D eigenvalue weighted by molar-refractivity contribution is -0.149. The highest BCUT2D eigenvalue weighted by atomic mass is 32.2.